The number of hydrogen-bond donors (Lipinski definition) is 3. The lowest BCUT2D eigenvalue weighted by atomic mass is 9.72. The largest absolute Gasteiger partial charge is 0.481 e. The number of hydrogen-bond acceptors (Lipinski definition) is 4. The van der Waals surface area contributed by atoms with E-state index in [1.54, 1.807) is 6.92 Å². The summed E-state index contributed by atoms with van der Waals surface area (Å²) in [5.41, 5.74) is 3.45. The molecule has 1 unspecified atom stereocenters. The van der Waals surface area contributed by atoms with Gasteiger partial charge in [0.05, 0.1) is 12.0 Å². The maximum absolute atomic E-state index is 12.1. The predicted molar refractivity (Wildman–Crippen MR) is 146 cm³/mol. The first-order chi connectivity index (χ1) is 17.8. The lowest BCUT2D eigenvalue weighted by Gasteiger charge is -2.42. The maximum Gasteiger partial charge on any atom is 0.310 e. The molecule has 3 N–H and O–H groups in total. The molecule has 0 amide bonds. The lowest BCUT2D eigenvalue weighted by Crippen LogP contribution is -2.44. The lowest BCUT2D eigenvalue weighted by molar-refractivity contribution is -0.138. The number of aryl methyl sites for hydroxylation is 1. The zero-order valence-corrected chi connectivity index (χ0v) is 21.9. The third kappa shape index (κ3) is 6.12. The Hall–Kier alpha value is -2.99. The standard InChI is InChI=1S/C32H39NO4/c1-23-22-25(24(2)31(35)36)15-16-29(23)30(34)14-9-19-33-20-17-28(18-21-33)32(37,26-10-5-3-6-11-26)27-12-7-4-8-13-27/h3-8,10-13,15-16,22,24,28,30,34,37H,9,14,17-21H2,1-2H3,(H,35,36)/t24?,30-/m1/s1. The first kappa shape index (κ1) is 27.1. The number of carboxylic acid groups (broad SMARTS) is 1. The van der Waals surface area contributed by atoms with E-state index in [0.29, 0.717) is 6.42 Å². The van der Waals surface area contributed by atoms with E-state index in [1.165, 1.54) is 0 Å². The zero-order valence-electron chi connectivity index (χ0n) is 21.9. The second kappa shape index (κ2) is 12.0. The molecule has 0 radical (unpaired) electrons. The van der Waals surface area contributed by atoms with Crippen LogP contribution in [-0.4, -0.2) is 45.8 Å². The van der Waals surface area contributed by atoms with Crippen molar-refractivity contribution < 1.29 is 20.1 Å². The molecule has 3 aromatic carbocycles. The fourth-order valence-electron chi connectivity index (χ4n) is 5.75. The Bertz CT molecular complexity index is 1120. The molecule has 0 aromatic heterocycles. The SMILES string of the molecule is Cc1cc(C(C)C(=O)O)ccc1[C@H](O)CCCN1CCC(C(O)(c2ccccc2)c2ccccc2)CC1. The molecule has 1 fully saturated rings. The molecule has 1 heterocycles. The topological polar surface area (TPSA) is 81.0 Å². The fourth-order valence-corrected chi connectivity index (χ4v) is 5.75. The van der Waals surface area contributed by atoms with Crippen LogP contribution in [0.2, 0.25) is 0 Å². The van der Waals surface area contributed by atoms with Crippen LogP contribution >= 0.6 is 0 Å². The molecule has 5 nitrogen and oxygen atoms in total. The Morgan fingerprint density at radius 1 is 0.973 bits per heavy atom. The van der Waals surface area contributed by atoms with Crippen molar-refractivity contribution in [3.8, 4) is 0 Å². The second-order valence-corrected chi connectivity index (χ2v) is 10.4. The summed E-state index contributed by atoms with van der Waals surface area (Å²) >= 11 is 0. The highest BCUT2D eigenvalue weighted by molar-refractivity contribution is 5.75. The monoisotopic (exact) mass is 501 g/mol. The molecule has 1 aliphatic rings. The van der Waals surface area contributed by atoms with Gasteiger partial charge in [0.2, 0.25) is 0 Å². The van der Waals surface area contributed by atoms with E-state index in [1.807, 2.05) is 85.8 Å². The molecule has 0 saturated carbocycles. The molecule has 4 rings (SSSR count). The number of likely N-dealkylation sites (tertiary alicyclic amines) is 1. The van der Waals surface area contributed by atoms with E-state index in [9.17, 15) is 20.1 Å². The summed E-state index contributed by atoms with van der Waals surface area (Å²) in [7, 11) is 0. The molecule has 0 aliphatic carbocycles. The molecule has 0 bridgehead atoms. The van der Waals surface area contributed by atoms with Crippen molar-refractivity contribution in [1.82, 2.24) is 4.90 Å². The van der Waals surface area contributed by atoms with Crippen molar-refractivity contribution in [3.63, 3.8) is 0 Å². The number of carboxylic acids is 1. The summed E-state index contributed by atoms with van der Waals surface area (Å²) in [6, 6.07) is 25.6. The van der Waals surface area contributed by atoms with Crippen molar-refractivity contribution in [2.75, 3.05) is 19.6 Å². The number of piperidine rings is 1. The van der Waals surface area contributed by atoms with Crippen molar-refractivity contribution in [2.45, 2.75) is 57.2 Å². The van der Waals surface area contributed by atoms with Gasteiger partial charge >= 0.3 is 5.97 Å². The number of carbonyl (C=O) groups is 1. The first-order valence-corrected chi connectivity index (χ1v) is 13.4. The molecule has 37 heavy (non-hydrogen) atoms. The van der Waals surface area contributed by atoms with Crippen molar-refractivity contribution in [2.24, 2.45) is 5.92 Å². The molecule has 5 heteroatoms. The van der Waals surface area contributed by atoms with Gasteiger partial charge in [-0.3, -0.25) is 4.79 Å². The molecule has 0 spiro atoms. The minimum absolute atomic E-state index is 0.133. The van der Waals surface area contributed by atoms with Crippen LogP contribution in [0.25, 0.3) is 0 Å². The number of rotatable bonds is 10. The first-order valence-electron chi connectivity index (χ1n) is 13.4. The highest BCUT2D eigenvalue weighted by atomic mass is 16.4. The van der Waals surface area contributed by atoms with E-state index in [2.05, 4.69) is 4.90 Å². The molecular formula is C32H39NO4. The minimum Gasteiger partial charge on any atom is -0.481 e. The summed E-state index contributed by atoms with van der Waals surface area (Å²) < 4.78 is 0. The molecule has 2 atom stereocenters. The van der Waals surface area contributed by atoms with Gasteiger partial charge in [0.1, 0.15) is 5.60 Å². The van der Waals surface area contributed by atoms with Crippen molar-refractivity contribution >= 4 is 5.97 Å². The third-order valence-corrected chi connectivity index (χ3v) is 8.08. The number of aliphatic hydroxyl groups excluding tert-OH is 1. The van der Waals surface area contributed by atoms with Gasteiger partial charge in [-0.15, -0.1) is 0 Å². The smallest absolute Gasteiger partial charge is 0.310 e. The Morgan fingerprint density at radius 3 is 2.05 bits per heavy atom. The van der Waals surface area contributed by atoms with E-state index < -0.39 is 23.6 Å². The average molecular weight is 502 g/mol. The van der Waals surface area contributed by atoms with E-state index >= 15 is 0 Å². The number of aliphatic carboxylic acids is 1. The molecule has 1 saturated heterocycles. The van der Waals surface area contributed by atoms with Gasteiger partial charge < -0.3 is 20.2 Å². The van der Waals surface area contributed by atoms with Gasteiger partial charge in [-0.2, -0.15) is 0 Å². The number of benzene rings is 3. The molecular weight excluding hydrogens is 462 g/mol. The number of aliphatic hydroxyl groups is 2. The van der Waals surface area contributed by atoms with Crippen LogP contribution in [0.1, 0.15) is 72.4 Å². The Morgan fingerprint density at radius 2 is 1.54 bits per heavy atom. The van der Waals surface area contributed by atoms with Crippen LogP contribution in [0, 0.1) is 12.8 Å². The Balaban J connectivity index is 1.33. The van der Waals surface area contributed by atoms with Crippen LogP contribution < -0.4 is 0 Å². The van der Waals surface area contributed by atoms with E-state index in [0.717, 1.165) is 66.7 Å². The van der Waals surface area contributed by atoms with Crippen LogP contribution in [0.5, 0.6) is 0 Å². The van der Waals surface area contributed by atoms with Crippen molar-refractivity contribution in [1.29, 1.82) is 0 Å². The van der Waals surface area contributed by atoms with Gasteiger partial charge in [0.25, 0.3) is 0 Å². The highest BCUT2D eigenvalue weighted by Gasteiger charge is 2.41. The van der Waals surface area contributed by atoms with Gasteiger partial charge in [0.15, 0.2) is 0 Å². The highest BCUT2D eigenvalue weighted by Crippen LogP contribution is 2.42. The van der Waals surface area contributed by atoms with Crippen molar-refractivity contribution in [3.05, 3.63) is 107 Å². The van der Waals surface area contributed by atoms with Crippen LogP contribution in [0.4, 0.5) is 0 Å². The average Bonchev–Trinajstić information content (AvgIpc) is 2.93. The summed E-state index contributed by atoms with van der Waals surface area (Å²) in [5.74, 6) is -1.27. The molecule has 196 valence electrons. The maximum atomic E-state index is 12.1. The second-order valence-electron chi connectivity index (χ2n) is 10.4. The number of nitrogens with zero attached hydrogens (tertiary/aromatic N) is 1. The molecule has 3 aromatic rings. The van der Waals surface area contributed by atoms with E-state index in [-0.39, 0.29) is 5.92 Å². The van der Waals surface area contributed by atoms with Crippen LogP contribution in [-0.2, 0) is 10.4 Å². The zero-order chi connectivity index (χ0) is 26.4. The quantitative estimate of drug-likeness (QED) is 0.335. The normalized spacial score (nSPS) is 16.9. The Labute approximate surface area is 220 Å². The molecule has 1 aliphatic heterocycles. The summed E-state index contributed by atoms with van der Waals surface area (Å²) in [5, 5.41) is 32.1. The van der Waals surface area contributed by atoms with Crippen LogP contribution in [0.3, 0.4) is 0 Å². The Kier molecular flexibility index (Phi) is 8.80. The fraction of sp³-hybridized carbons (Fsp3) is 0.406. The summed E-state index contributed by atoms with van der Waals surface area (Å²) in [4.78, 5) is 13.7. The van der Waals surface area contributed by atoms with Gasteiger partial charge in [-0.1, -0.05) is 78.9 Å². The van der Waals surface area contributed by atoms with Gasteiger partial charge in [0, 0.05) is 0 Å². The van der Waals surface area contributed by atoms with Gasteiger partial charge in [-0.25, -0.2) is 0 Å². The summed E-state index contributed by atoms with van der Waals surface area (Å²) in [6.45, 7) is 6.36. The van der Waals surface area contributed by atoms with Gasteiger partial charge in [-0.05, 0) is 92.9 Å². The van der Waals surface area contributed by atoms with E-state index in [4.69, 9.17) is 0 Å². The predicted octanol–water partition coefficient (Wildman–Crippen LogP) is 5.64. The van der Waals surface area contributed by atoms with Crippen LogP contribution in [0.15, 0.2) is 78.9 Å². The minimum atomic E-state index is -1.01. The summed E-state index contributed by atoms with van der Waals surface area (Å²) in [6.07, 6.45) is 2.79. The third-order valence-electron chi connectivity index (χ3n) is 8.08.